The molecule has 0 saturated carbocycles. The van der Waals surface area contributed by atoms with E-state index in [0.717, 1.165) is 6.42 Å². The van der Waals surface area contributed by atoms with Crippen molar-refractivity contribution < 1.29 is 19.1 Å². The molecule has 0 spiro atoms. The molecule has 0 aliphatic carbocycles. The largest absolute Gasteiger partial charge is 0.497 e. The van der Waals surface area contributed by atoms with Crippen LogP contribution in [0.2, 0.25) is 0 Å². The van der Waals surface area contributed by atoms with Crippen LogP contribution in [0.1, 0.15) is 49.2 Å². The third-order valence-corrected chi connectivity index (χ3v) is 6.44. The molecule has 4 aromatic rings. The molecule has 1 heterocycles. The van der Waals surface area contributed by atoms with Crippen molar-refractivity contribution in [2.75, 3.05) is 18.6 Å². The molecule has 9 nitrogen and oxygen atoms in total. The number of hydrogen-bond acceptors (Lipinski definition) is 6. The van der Waals surface area contributed by atoms with Crippen LogP contribution in [-0.4, -0.2) is 46.2 Å². The van der Waals surface area contributed by atoms with Gasteiger partial charge in [0.05, 0.1) is 12.6 Å². The molecular weight excluding hydrogens is 494 g/mol. The standard InChI is InChI=1S/C30H33N5O4/c1-20(2)15-16-31-30(38)29(23-10-8-12-25(18-23)39-4)35(24-11-7-9-22(17-24)21(3)36)28(37)19-34-27-14-6-5-13-26(27)32-33-34/h5-14,17-18,20,29H,15-16,19H2,1-4H3,(H,31,38)/t29-/m0/s1. The molecule has 39 heavy (non-hydrogen) atoms. The number of carbonyl (C=O) groups excluding carboxylic acids is 3. The van der Waals surface area contributed by atoms with Crippen molar-refractivity contribution >= 4 is 34.3 Å². The van der Waals surface area contributed by atoms with Crippen LogP contribution in [0.25, 0.3) is 11.0 Å². The number of ether oxygens (including phenoxy) is 1. The highest BCUT2D eigenvalue weighted by Gasteiger charge is 2.34. The van der Waals surface area contributed by atoms with Gasteiger partial charge in [0.15, 0.2) is 5.78 Å². The smallest absolute Gasteiger partial charge is 0.249 e. The summed E-state index contributed by atoms with van der Waals surface area (Å²) in [5, 5.41) is 11.3. The molecule has 202 valence electrons. The molecule has 0 unspecified atom stereocenters. The van der Waals surface area contributed by atoms with Gasteiger partial charge in [0, 0.05) is 17.8 Å². The summed E-state index contributed by atoms with van der Waals surface area (Å²) in [6, 6.07) is 20.2. The Morgan fingerprint density at radius 3 is 2.51 bits per heavy atom. The quantitative estimate of drug-likeness (QED) is 0.286. The molecule has 0 radical (unpaired) electrons. The molecule has 0 saturated heterocycles. The van der Waals surface area contributed by atoms with Gasteiger partial charge < -0.3 is 10.1 Å². The van der Waals surface area contributed by atoms with Crippen molar-refractivity contribution in [3.8, 4) is 5.75 Å². The van der Waals surface area contributed by atoms with E-state index in [4.69, 9.17) is 4.74 Å². The van der Waals surface area contributed by atoms with E-state index >= 15 is 0 Å². The van der Waals surface area contributed by atoms with Crippen molar-refractivity contribution in [2.24, 2.45) is 5.92 Å². The Hall–Kier alpha value is -4.53. The fourth-order valence-electron chi connectivity index (χ4n) is 4.36. The van der Waals surface area contributed by atoms with Crippen molar-refractivity contribution in [1.82, 2.24) is 20.3 Å². The summed E-state index contributed by atoms with van der Waals surface area (Å²) in [7, 11) is 1.55. The summed E-state index contributed by atoms with van der Waals surface area (Å²) in [6.07, 6.45) is 0.787. The SMILES string of the molecule is COc1cccc([C@@H](C(=O)NCCC(C)C)N(C(=O)Cn2nnc3ccccc32)c2cccc(C(C)=O)c2)c1. The number of anilines is 1. The summed E-state index contributed by atoms with van der Waals surface area (Å²) in [6.45, 7) is 5.92. The van der Waals surface area contributed by atoms with Crippen LogP contribution in [0.4, 0.5) is 5.69 Å². The topological polar surface area (TPSA) is 106 Å². The van der Waals surface area contributed by atoms with Gasteiger partial charge in [0.2, 0.25) is 11.8 Å². The van der Waals surface area contributed by atoms with Gasteiger partial charge in [-0.3, -0.25) is 19.3 Å². The number of aromatic nitrogens is 3. The van der Waals surface area contributed by atoms with Crippen LogP contribution in [0.3, 0.4) is 0 Å². The molecular formula is C30H33N5O4. The molecule has 2 amide bonds. The van der Waals surface area contributed by atoms with Gasteiger partial charge in [-0.15, -0.1) is 5.10 Å². The summed E-state index contributed by atoms with van der Waals surface area (Å²) < 4.78 is 6.94. The number of amides is 2. The monoisotopic (exact) mass is 527 g/mol. The lowest BCUT2D eigenvalue weighted by atomic mass is 10.0. The summed E-state index contributed by atoms with van der Waals surface area (Å²) in [5.74, 6) is 0.0729. The van der Waals surface area contributed by atoms with Crippen molar-refractivity contribution in [2.45, 2.75) is 39.8 Å². The van der Waals surface area contributed by atoms with Crippen molar-refractivity contribution in [3.05, 3.63) is 83.9 Å². The zero-order valence-electron chi connectivity index (χ0n) is 22.6. The van der Waals surface area contributed by atoms with E-state index in [1.807, 2.05) is 24.3 Å². The van der Waals surface area contributed by atoms with E-state index < -0.39 is 11.9 Å². The first-order chi connectivity index (χ1) is 18.8. The molecule has 0 bridgehead atoms. The lowest BCUT2D eigenvalue weighted by Crippen LogP contribution is -2.45. The molecule has 0 aliphatic heterocycles. The Morgan fingerprint density at radius 1 is 1.00 bits per heavy atom. The Labute approximate surface area is 227 Å². The number of hydrogen-bond donors (Lipinski definition) is 1. The van der Waals surface area contributed by atoms with E-state index in [1.54, 1.807) is 55.6 Å². The van der Waals surface area contributed by atoms with Gasteiger partial charge >= 0.3 is 0 Å². The lowest BCUT2D eigenvalue weighted by Gasteiger charge is -2.32. The normalized spacial score (nSPS) is 11.8. The predicted molar refractivity (Wildman–Crippen MR) is 150 cm³/mol. The number of carbonyl (C=O) groups is 3. The highest BCUT2D eigenvalue weighted by Crippen LogP contribution is 2.31. The van der Waals surface area contributed by atoms with Gasteiger partial charge in [-0.2, -0.15) is 0 Å². The Balaban J connectivity index is 1.82. The van der Waals surface area contributed by atoms with Gasteiger partial charge in [-0.05, 0) is 61.2 Å². The molecule has 9 heteroatoms. The summed E-state index contributed by atoms with van der Waals surface area (Å²) in [5.41, 5.74) is 2.78. The van der Waals surface area contributed by atoms with Crippen molar-refractivity contribution in [3.63, 3.8) is 0 Å². The number of para-hydroxylation sites is 1. The lowest BCUT2D eigenvalue weighted by molar-refractivity contribution is -0.127. The third-order valence-electron chi connectivity index (χ3n) is 6.44. The highest BCUT2D eigenvalue weighted by atomic mass is 16.5. The number of nitrogens with zero attached hydrogens (tertiary/aromatic N) is 4. The minimum Gasteiger partial charge on any atom is -0.497 e. The number of benzene rings is 3. The number of methoxy groups -OCH3 is 1. The molecule has 1 N–H and O–H groups in total. The van der Waals surface area contributed by atoms with E-state index in [9.17, 15) is 14.4 Å². The second-order valence-electron chi connectivity index (χ2n) is 9.76. The summed E-state index contributed by atoms with van der Waals surface area (Å²) in [4.78, 5) is 41.6. The molecule has 0 fully saturated rings. The van der Waals surface area contributed by atoms with E-state index in [0.29, 0.717) is 46.1 Å². The highest BCUT2D eigenvalue weighted by molar-refractivity contribution is 6.03. The van der Waals surface area contributed by atoms with E-state index in [1.165, 1.54) is 16.5 Å². The second-order valence-corrected chi connectivity index (χ2v) is 9.76. The average molecular weight is 528 g/mol. The molecule has 3 aromatic carbocycles. The maximum atomic E-state index is 14.1. The second kappa shape index (κ2) is 12.3. The average Bonchev–Trinajstić information content (AvgIpc) is 3.33. The Bertz CT molecular complexity index is 1480. The van der Waals surface area contributed by atoms with Crippen LogP contribution in [0.5, 0.6) is 5.75 Å². The van der Waals surface area contributed by atoms with Crippen LogP contribution in [0, 0.1) is 5.92 Å². The zero-order valence-corrected chi connectivity index (χ0v) is 22.6. The van der Waals surface area contributed by atoms with Crippen LogP contribution >= 0.6 is 0 Å². The number of fused-ring (bicyclic) bond motifs is 1. The number of ketones is 1. The van der Waals surface area contributed by atoms with Crippen LogP contribution in [0.15, 0.2) is 72.8 Å². The fraction of sp³-hybridized carbons (Fsp3) is 0.300. The minimum absolute atomic E-state index is 0.147. The predicted octanol–water partition coefficient (Wildman–Crippen LogP) is 4.58. The van der Waals surface area contributed by atoms with Gasteiger partial charge in [-0.1, -0.05) is 55.5 Å². The first-order valence-electron chi connectivity index (χ1n) is 12.9. The first kappa shape index (κ1) is 27.5. The summed E-state index contributed by atoms with van der Waals surface area (Å²) >= 11 is 0. The van der Waals surface area contributed by atoms with Gasteiger partial charge in [-0.25, -0.2) is 4.68 Å². The van der Waals surface area contributed by atoms with Gasteiger partial charge in [0.1, 0.15) is 23.9 Å². The molecule has 4 rings (SSSR count). The Morgan fingerprint density at radius 2 is 1.77 bits per heavy atom. The van der Waals surface area contributed by atoms with Crippen LogP contribution < -0.4 is 15.0 Å². The molecule has 1 aromatic heterocycles. The number of rotatable bonds is 11. The minimum atomic E-state index is -1.03. The fourth-order valence-corrected chi connectivity index (χ4v) is 4.36. The van der Waals surface area contributed by atoms with Crippen LogP contribution in [-0.2, 0) is 16.1 Å². The zero-order chi connectivity index (χ0) is 27.9. The first-order valence-corrected chi connectivity index (χ1v) is 12.9. The van der Waals surface area contributed by atoms with E-state index in [-0.39, 0.29) is 18.2 Å². The Kier molecular flexibility index (Phi) is 8.70. The van der Waals surface area contributed by atoms with E-state index in [2.05, 4.69) is 29.5 Å². The maximum Gasteiger partial charge on any atom is 0.249 e. The molecule has 1 atom stereocenters. The number of Topliss-reactive ketones (excluding diaryl/α,β-unsaturated/α-hetero) is 1. The van der Waals surface area contributed by atoms with Crippen molar-refractivity contribution in [1.29, 1.82) is 0 Å². The maximum absolute atomic E-state index is 14.1. The third kappa shape index (κ3) is 6.49. The van der Waals surface area contributed by atoms with Gasteiger partial charge in [0.25, 0.3) is 0 Å². The molecule has 0 aliphatic rings. The number of nitrogens with one attached hydrogen (secondary N) is 1.